The first kappa shape index (κ1) is 19.7. The molecule has 0 radical (unpaired) electrons. The molecule has 9 heteroatoms. The van der Waals surface area contributed by atoms with Crippen LogP contribution in [0.4, 0.5) is 5.69 Å². The summed E-state index contributed by atoms with van der Waals surface area (Å²) in [6, 6.07) is 13.2. The minimum Gasteiger partial charge on any atom is -0.497 e. The Morgan fingerprint density at radius 3 is 2.31 bits per heavy atom. The number of carbonyl (C=O) groups is 2. The minimum absolute atomic E-state index is 0.298. The molecule has 0 unspecified atom stereocenters. The second-order valence-corrected chi connectivity index (χ2v) is 5.93. The predicted octanol–water partition coefficient (Wildman–Crippen LogP) is 1.74. The Morgan fingerprint density at radius 2 is 1.72 bits per heavy atom. The van der Waals surface area contributed by atoms with Gasteiger partial charge < -0.3 is 14.8 Å². The summed E-state index contributed by atoms with van der Waals surface area (Å²) in [7, 11) is 2.85. The molecule has 1 aromatic heterocycles. The molecule has 29 heavy (non-hydrogen) atoms. The van der Waals surface area contributed by atoms with E-state index in [1.54, 1.807) is 43.5 Å². The molecule has 2 aromatic carbocycles. The van der Waals surface area contributed by atoms with Gasteiger partial charge in [-0.25, -0.2) is 14.3 Å². The highest BCUT2D eigenvalue weighted by Gasteiger charge is 2.10. The van der Waals surface area contributed by atoms with E-state index in [0.717, 1.165) is 4.68 Å². The third-order valence-corrected chi connectivity index (χ3v) is 4.03. The van der Waals surface area contributed by atoms with E-state index >= 15 is 0 Å². The summed E-state index contributed by atoms with van der Waals surface area (Å²) in [5, 5.41) is 6.64. The highest BCUT2D eigenvalue weighted by Crippen LogP contribution is 2.18. The lowest BCUT2D eigenvalue weighted by Crippen LogP contribution is -2.31. The zero-order chi connectivity index (χ0) is 20.8. The predicted molar refractivity (Wildman–Crippen MR) is 105 cm³/mol. The van der Waals surface area contributed by atoms with Crippen LogP contribution in [0.3, 0.4) is 0 Å². The van der Waals surface area contributed by atoms with Crippen LogP contribution in [-0.2, 0) is 16.1 Å². The van der Waals surface area contributed by atoms with Crippen LogP contribution < -0.4 is 15.7 Å². The molecule has 0 saturated carbocycles. The van der Waals surface area contributed by atoms with E-state index in [1.807, 2.05) is 0 Å². The van der Waals surface area contributed by atoms with Gasteiger partial charge in [-0.2, -0.15) is 10.1 Å². The second-order valence-electron chi connectivity index (χ2n) is 5.93. The number of ether oxygens (including phenoxy) is 2. The third-order valence-electron chi connectivity index (χ3n) is 4.03. The topological polar surface area (TPSA) is 112 Å². The zero-order valence-electron chi connectivity index (χ0n) is 15.8. The average Bonchev–Trinajstić information content (AvgIpc) is 2.75. The normalized spacial score (nSPS) is 10.3. The van der Waals surface area contributed by atoms with Gasteiger partial charge in [0.1, 0.15) is 12.3 Å². The van der Waals surface area contributed by atoms with E-state index in [4.69, 9.17) is 4.74 Å². The number of nitrogens with one attached hydrogen (secondary N) is 1. The van der Waals surface area contributed by atoms with Crippen molar-refractivity contribution in [1.82, 2.24) is 14.8 Å². The summed E-state index contributed by atoms with van der Waals surface area (Å²) in [4.78, 5) is 39.8. The Kier molecular flexibility index (Phi) is 5.98. The number of aromatic nitrogens is 3. The minimum atomic E-state index is -0.644. The number of nitrogens with zero attached hydrogens (tertiary/aromatic N) is 3. The summed E-state index contributed by atoms with van der Waals surface area (Å²) < 4.78 is 10.7. The van der Waals surface area contributed by atoms with E-state index in [2.05, 4.69) is 20.1 Å². The van der Waals surface area contributed by atoms with Crippen LogP contribution in [-0.4, -0.2) is 40.9 Å². The Morgan fingerprint density at radius 1 is 1.03 bits per heavy atom. The highest BCUT2D eigenvalue weighted by atomic mass is 16.5. The molecule has 1 heterocycles. The number of amides is 1. The number of carbonyl (C=O) groups excluding carboxylic acids is 2. The fourth-order valence-corrected chi connectivity index (χ4v) is 2.52. The van der Waals surface area contributed by atoms with Crippen LogP contribution >= 0.6 is 0 Å². The lowest BCUT2D eigenvalue weighted by atomic mass is 10.1. The van der Waals surface area contributed by atoms with Gasteiger partial charge in [-0.3, -0.25) is 4.79 Å². The Balaban J connectivity index is 1.67. The molecule has 0 atom stereocenters. The van der Waals surface area contributed by atoms with E-state index in [9.17, 15) is 14.4 Å². The van der Waals surface area contributed by atoms with Gasteiger partial charge in [-0.05, 0) is 48.5 Å². The molecule has 1 amide bonds. The maximum absolute atomic E-state index is 12.2. The van der Waals surface area contributed by atoms with Gasteiger partial charge in [-0.1, -0.05) is 0 Å². The van der Waals surface area contributed by atoms with Crippen molar-refractivity contribution < 1.29 is 19.1 Å². The fraction of sp³-hybridized carbons (Fsp3) is 0.150. The number of methoxy groups -OCH3 is 2. The van der Waals surface area contributed by atoms with Crippen LogP contribution in [0.5, 0.6) is 5.75 Å². The fourth-order valence-electron chi connectivity index (χ4n) is 2.52. The molecule has 148 valence electrons. The van der Waals surface area contributed by atoms with Gasteiger partial charge in [0.2, 0.25) is 5.91 Å². The first-order chi connectivity index (χ1) is 14.0. The molecule has 1 N–H and O–H groups in total. The molecule has 0 fully saturated rings. The number of hydrogen-bond donors (Lipinski definition) is 1. The molecule has 0 spiro atoms. The van der Waals surface area contributed by atoms with Gasteiger partial charge in [0.15, 0.2) is 0 Å². The quantitative estimate of drug-likeness (QED) is 0.634. The molecule has 0 aliphatic rings. The van der Waals surface area contributed by atoms with Crippen molar-refractivity contribution >= 4 is 17.6 Å². The lowest BCUT2D eigenvalue weighted by molar-refractivity contribution is -0.117. The van der Waals surface area contributed by atoms with Crippen molar-refractivity contribution in [3.63, 3.8) is 0 Å². The number of benzene rings is 2. The lowest BCUT2D eigenvalue weighted by Gasteiger charge is -2.08. The summed E-state index contributed by atoms with van der Waals surface area (Å²) in [6.45, 7) is -0.298. The van der Waals surface area contributed by atoms with Crippen molar-refractivity contribution in [1.29, 1.82) is 0 Å². The van der Waals surface area contributed by atoms with Crippen LogP contribution in [0.1, 0.15) is 10.4 Å². The van der Waals surface area contributed by atoms with Crippen molar-refractivity contribution in [2.45, 2.75) is 6.54 Å². The molecule has 0 bridgehead atoms. The van der Waals surface area contributed by atoms with E-state index in [0.29, 0.717) is 28.3 Å². The summed E-state index contributed by atoms with van der Waals surface area (Å²) in [5.41, 5.74) is 1.29. The standard InChI is InChI=1S/C20H18N4O5/c1-28-16-9-5-13(6-10-16)17-11-21-24(20(27)23-17)12-18(25)22-15-7-3-14(4-8-15)19(26)29-2/h3-11H,12H2,1-2H3,(H,22,25). The number of esters is 1. The molecule has 9 nitrogen and oxygen atoms in total. The largest absolute Gasteiger partial charge is 0.497 e. The zero-order valence-corrected chi connectivity index (χ0v) is 15.8. The third kappa shape index (κ3) is 4.83. The average molecular weight is 394 g/mol. The SMILES string of the molecule is COC(=O)c1ccc(NC(=O)Cn2ncc(-c3ccc(OC)cc3)nc2=O)cc1. The van der Waals surface area contributed by atoms with Crippen LogP contribution in [0.2, 0.25) is 0 Å². The van der Waals surface area contributed by atoms with Gasteiger partial charge in [0, 0.05) is 11.3 Å². The van der Waals surface area contributed by atoms with Gasteiger partial charge in [-0.15, -0.1) is 0 Å². The molecule has 0 aliphatic carbocycles. The Hall–Kier alpha value is -4.01. The molecular weight excluding hydrogens is 376 g/mol. The molecule has 0 saturated heterocycles. The maximum atomic E-state index is 12.2. The number of hydrogen-bond acceptors (Lipinski definition) is 7. The first-order valence-electron chi connectivity index (χ1n) is 8.57. The Bertz CT molecular complexity index is 1080. The van der Waals surface area contributed by atoms with Crippen molar-refractivity contribution in [3.8, 4) is 17.0 Å². The van der Waals surface area contributed by atoms with Crippen molar-refractivity contribution in [2.75, 3.05) is 19.5 Å². The van der Waals surface area contributed by atoms with Gasteiger partial charge >= 0.3 is 11.7 Å². The first-order valence-corrected chi connectivity index (χ1v) is 8.57. The Labute approximate surface area is 165 Å². The maximum Gasteiger partial charge on any atom is 0.365 e. The van der Waals surface area contributed by atoms with Crippen LogP contribution in [0.15, 0.2) is 59.5 Å². The van der Waals surface area contributed by atoms with Gasteiger partial charge in [0.25, 0.3) is 0 Å². The molecule has 0 aliphatic heterocycles. The highest BCUT2D eigenvalue weighted by molar-refractivity contribution is 5.92. The summed E-state index contributed by atoms with van der Waals surface area (Å²) in [6.07, 6.45) is 1.42. The van der Waals surface area contributed by atoms with Crippen LogP contribution in [0.25, 0.3) is 11.3 Å². The number of anilines is 1. The molecule has 3 rings (SSSR count). The molecule has 3 aromatic rings. The summed E-state index contributed by atoms with van der Waals surface area (Å²) in [5.74, 6) is -0.239. The molecular formula is C20H18N4O5. The monoisotopic (exact) mass is 394 g/mol. The summed E-state index contributed by atoms with van der Waals surface area (Å²) >= 11 is 0. The van der Waals surface area contributed by atoms with E-state index < -0.39 is 17.6 Å². The van der Waals surface area contributed by atoms with Crippen molar-refractivity contribution in [3.05, 3.63) is 70.8 Å². The van der Waals surface area contributed by atoms with E-state index in [-0.39, 0.29) is 6.54 Å². The van der Waals surface area contributed by atoms with Crippen molar-refractivity contribution in [2.24, 2.45) is 0 Å². The van der Waals surface area contributed by atoms with E-state index in [1.165, 1.54) is 25.4 Å². The number of rotatable bonds is 6. The second kappa shape index (κ2) is 8.79. The van der Waals surface area contributed by atoms with Crippen LogP contribution in [0, 0.1) is 0 Å². The van der Waals surface area contributed by atoms with Gasteiger partial charge in [0.05, 0.1) is 31.7 Å². The smallest absolute Gasteiger partial charge is 0.365 e.